The first-order chi connectivity index (χ1) is 11.2. The monoisotopic (exact) mass is 326 g/mol. The highest BCUT2D eigenvalue weighted by Crippen LogP contribution is 2.10. The van der Waals surface area contributed by atoms with E-state index < -0.39 is 0 Å². The molecular weight excluding hydrogens is 288 g/mol. The summed E-state index contributed by atoms with van der Waals surface area (Å²) in [7, 11) is 0. The van der Waals surface area contributed by atoms with Crippen molar-refractivity contribution in [1.29, 1.82) is 0 Å². The molecule has 0 rings (SSSR count). The number of aliphatic hydroxyl groups is 1. The maximum absolute atomic E-state index is 11.2. The molecular formula is C20H38O3. The quantitative estimate of drug-likeness (QED) is 0.229. The van der Waals surface area contributed by atoms with Crippen LogP contribution in [0.2, 0.25) is 0 Å². The number of hydrogen-bond donors (Lipinski definition) is 1. The van der Waals surface area contributed by atoms with Crippen LogP contribution in [0.15, 0.2) is 12.2 Å². The van der Waals surface area contributed by atoms with Crippen molar-refractivity contribution < 1.29 is 14.6 Å². The first-order valence-electron chi connectivity index (χ1n) is 9.69. The van der Waals surface area contributed by atoms with Gasteiger partial charge in [-0.1, -0.05) is 64.0 Å². The molecule has 136 valence electrons. The van der Waals surface area contributed by atoms with Crippen LogP contribution in [-0.4, -0.2) is 23.8 Å². The standard InChI is InChI=1S/C20H38O3/c1-3-5-6-13-16-19(21)17-14-11-9-7-8-10-12-15-18-20(22)23-4-2/h11,14,19,21H,3-10,12-13,15-18H2,1-2H3. The molecule has 1 atom stereocenters. The lowest BCUT2D eigenvalue weighted by molar-refractivity contribution is -0.143. The van der Waals surface area contributed by atoms with E-state index in [9.17, 15) is 9.90 Å². The SMILES string of the molecule is CCCCCCC(O)CC=CCCCCCCCC(=O)OCC. The third-order valence-electron chi connectivity index (χ3n) is 4.02. The first kappa shape index (κ1) is 22.2. The number of allylic oxidation sites excluding steroid dienone is 1. The van der Waals surface area contributed by atoms with Gasteiger partial charge in [-0.25, -0.2) is 0 Å². The number of carbonyl (C=O) groups excluding carboxylic acids is 1. The zero-order chi connectivity index (χ0) is 17.2. The molecule has 0 aromatic heterocycles. The smallest absolute Gasteiger partial charge is 0.305 e. The molecule has 0 spiro atoms. The van der Waals surface area contributed by atoms with E-state index in [1.807, 2.05) is 6.92 Å². The average molecular weight is 327 g/mol. The van der Waals surface area contributed by atoms with Crippen molar-refractivity contribution in [1.82, 2.24) is 0 Å². The topological polar surface area (TPSA) is 46.5 Å². The fourth-order valence-electron chi connectivity index (χ4n) is 2.59. The van der Waals surface area contributed by atoms with Crippen LogP contribution >= 0.6 is 0 Å². The number of rotatable bonds is 16. The van der Waals surface area contributed by atoms with E-state index in [0.29, 0.717) is 13.0 Å². The molecule has 0 heterocycles. The van der Waals surface area contributed by atoms with Gasteiger partial charge in [0.1, 0.15) is 0 Å². The van der Waals surface area contributed by atoms with Crippen molar-refractivity contribution in [2.24, 2.45) is 0 Å². The summed E-state index contributed by atoms with van der Waals surface area (Å²) in [4.78, 5) is 11.2. The predicted molar refractivity (Wildman–Crippen MR) is 97.5 cm³/mol. The Morgan fingerprint density at radius 2 is 1.65 bits per heavy atom. The van der Waals surface area contributed by atoms with Crippen LogP contribution < -0.4 is 0 Å². The summed E-state index contributed by atoms with van der Waals surface area (Å²) in [6.45, 7) is 4.54. The molecule has 3 heteroatoms. The summed E-state index contributed by atoms with van der Waals surface area (Å²) < 4.78 is 4.90. The Morgan fingerprint density at radius 3 is 2.39 bits per heavy atom. The molecule has 1 N–H and O–H groups in total. The minimum absolute atomic E-state index is 0.0660. The molecule has 0 amide bonds. The maximum Gasteiger partial charge on any atom is 0.305 e. The van der Waals surface area contributed by atoms with E-state index in [0.717, 1.165) is 38.5 Å². The summed E-state index contributed by atoms with van der Waals surface area (Å²) >= 11 is 0. The summed E-state index contributed by atoms with van der Waals surface area (Å²) in [6, 6.07) is 0. The van der Waals surface area contributed by atoms with Crippen molar-refractivity contribution in [3.8, 4) is 0 Å². The molecule has 0 aliphatic rings. The highest BCUT2D eigenvalue weighted by Gasteiger charge is 2.01. The van der Waals surface area contributed by atoms with E-state index in [2.05, 4.69) is 19.1 Å². The predicted octanol–water partition coefficient (Wildman–Crippen LogP) is 5.56. The summed E-state index contributed by atoms with van der Waals surface area (Å²) in [5, 5.41) is 9.84. The molecule has 3 nitrogen and oxygen atoms in total. The molecule has 23 heavy (non-hydrogen) atoms. The van der Waals surface area contributed by atoms with Gasteiger partial charge in [-0.15, -0.1) is 0 Å². The van der Waals surface area contributed by atoms with E-state index >= 15 is 0 Å². The molecule has 1 unspecified atom stereocenters. The van der Waals surface area contributed by atoms with Crippen LogP contribution in [0.4, 0.5) is 0 Å². The molecule has 0 bridgehead atoms. The number of aliphatic hydroxyl groups excluding tert-OH is 1. The lowest BCUT2D eigenvalue weighted by Crippen LogP contribution is -2.04. The molecule has 0 saturated carbocycles. The average Bonchev–Trinajstić information content (AvgIpc) is 2.53. The summed E-state index contributed by atoms with van der Waals surface area (Å²) in [5.41, 5.74) is 0. The third-order valence-corrected chi connectivity index (χ3v) is 4.02. The van der Waals surface area contributed by atoms with Gasteiger partial charge in [0.2, 0.25) is 0 Å². The summed E-state index contributed by atoms with van der Waals surface area (Å²) in [5.74, 6) is -0.0660. The Balaban J connectivity index is 3.29. The molecule has 0 radical (unpaired) electrons. The number of unbranched alkanes of at least 4 members (excludes halogenated alkanes) is 8. The van der Waals surface area contributed by atoms with E-state index in [1.165, 1.54) is 38.5 Å². The Morgan fingerprint density at radius 1 is 0.957 bits per heavy atom. The van der Waals surface area contributed by atoms with Crippen molar-refractivity contribution in [2.75, 3.05) is 6.61 Å². The molecule has 0 aromatic carbocycles. The molecule has 0 saturated heterocycles. The van der Waals surface area contributed by atoms with Gasteiger partial charge in [-0.2, -0.15) is 0 Å². The fraction of sp³-hybridized carbons (Fsp3) is 0.850. The number of esters is 1. The van der Waals surface area contributed by atoms with Crippen molar-refractivity contribution in [2.45, 2.75) is 103 Å². The van der Waals surface area contributed by atoms with Gasteiger partial charge in [0.15, 0.2) is 0 Å². The van der Waals surface area contributed by atoms with Crippen LogP contribution in [-0.2, 0) is 9.53 Å². The van der Waals surface area contributed by atoms with Crippen LogP contribution in [0.1, 0.15) is 97.3 Å². The first-order valence-corrected chi connectivity index (χ1v) is 9.69. The van der Waals surface area contributed by atoms with Gasteiger partial charge < -0.3 is 9.84 Å². The Kier molecular flexibility index (Phi) is 16.9. The zero-order valence-electron chi connectivity index (χ0n) is 15.4. The van der Waals surface area contributed by atoms with E-state index in [4.69, 9.17) is 4.74 Å². The molecule has 0 aliphatic carbocycles. The van der Waals surface area contributed by atoms with Crippen molar-refractivity contribution >= 4 is 5.97 Å². The minimum atomic E-state index is -0.161. The maximum atomic E-state index is 11.2. The minimum Gasteiger partial charge on any atom is -0.466 e. The van der Waals surface area contributed by atoms with Gasteiger partial charge >= 0.3 is 5.97 Å². The lowest BCUT2D eigenvalue weighted by atomic mass is 10.1. The molecule has 0 fully saturated rings. The van der Waals surface area contributed by atoms with Gasteiger partial charge in [0, 0.05) is 6.42 Å². The number of carbonyl (C=O) groups is 1. The number of ether oxygens (including phenoxy) is 1. The van der Waals surface area contributed by atoms with Crippen LogP contribution in [0.3, 0.4) is 0 Å². The molecule has 0 aromatic rings. The van der Waals surface area contributed by atoms with E-state index in [1.54, 1.807) is 0 Å². The van der Waals surface area contributed by atoms with Gasteiger partial charge in [-0.05, 0) is 39.0 Å². The second-order valence-electron chi connectivity index (χ2n) is 6.32. The molecule has 0 aliphatic heterocycles. The van der Waals surface area contributed by atoms with E-state index in [-0.39, 0.29) is 12.1 Å². The normalized spacial score (nSPS) is 12.7. The van der Waals surface area contributed by atoms with Gasteiger partial charge in [-0.3, -0.25) is 4.79 Å². The Bertz CT molecular complexity index is 287. The zero-order valence-corrected chi connectivity index (χ0v) is 15.4. The Hall–Kier alpha value is -0.830. The lowest BCUT2D eigenvalue weighted by Gasteiger charge is -2.07. The van der Waals surface area contributed by atoms with Crippen molar-refractivity contribution in [3.05, 3.63) is 12.2 Å². The van der Waals surface area contributed by atoms with Crippen LogP contribution in [0.25, 0.3) is 0 Å². The van der Waals surface area contributed by atoms with Crippen LogP contribution in [0.5, 0.6) is 0 Å². The van der Waals surface area contributed by atoms with Gasteiger partial charge in [0.05, 0.1) is 12.7 Å². The van der Waals surface area contributed by atoms with Crippen molar-refractivity contribution in [3.63, 3.8) is 0 Å². The largest absolute Gasteiger partial charge is 0.466 e. The van der Waals surface area contributed by atoms with Crippen LogP contribution in [0, 0.1) is 0 Å². The summed E-state index contributed by atoms with van der Waals surface area (Å²) in [6.07, 6.45) is 18.1. The fourth-order valence-corrected chi connectivity index (χ4v) is 2.59. The second kappa shape index (κ2) is 17.5. The second-order valence-corrected chi connectivity index (χ2v) is 6.32. The third kappa shape index (κ3) is 17.4. The van der Waals surface area contributed by atoms with Gasteiger partial charge in [0.25, 0.3) is 0 Å². The Labute approximate surface area is 143 Å². The highest BCUT2D eigenvalue weighted by atomic mass is 16.5. The highest BCUT2D eigenvalue weighted by molar-refractivity contribution is 5.69. The number of hydrogen-bond acceptors (Lipinski definition) is 3.